The number of methoxy groups -OCH3 is 1. The molecule has 0 aliphatic heterocycles. The second-order valence-electron chi connectivity index (χ2n) is 23.3. The van der Waals surface area contributed by atoms with Crippen molar-refractivity contribution >= 4 is 82.3 Å². The van der Waals surface area contributed by atoms with Crippen molar-refractivity contribution in [2.45, 2.75) is 147 Å². The Balaban J connectivity index is 1.33. The summed E-state index contributed by atoms with van der Waals surface area (Å²) in [6.45, 7) is 8.29. The van der Waals surface area contributed by atoms with Crippen LogP contribution >= 0.6 is 11.8 Å². The Kier molecular flexibility index (Phi) is 31.3. The van der Waals surface area contributed by atoms with E-state index in [1.807, 2.05) is 36.4 Å². The Hall–Kier alpha value is -9.53. The predicted molar refractivity (Wildman–Crippen MR) is 355 cm³/mol. The molecule has 13 N–H and O–H groups in total. The number of esters is 1. The van der Waals surface area contributed by atoms with E-state index in [0.29, 0.717) is 34.0 Å². The molecule has 0 saturated heterocycles. The van der Waals surface area contributed by atoms with Gasteiger partial charge in [0.25, 0.3) is 0 Å². The quantitative estimate of drug-likeness (QED) is 0.0190. The van der Waals surface area contributed by atoms with Gasteiger partial charge in [0.05, 0.1) is 43.7 Å². The van der Waals surface area contributed by atoms with Crippen molar-refractivity contribution < 1.29 is 62.2 Å². The van der Waals surface area contributed by atoms with Gasteiger partial charge in [0.1, 0.15) is 48.6 Å². The van der Waals surface area contributed by atoms with Crippen LogP contribution in [0.1, 0.15) is 89.0 Å². The molecule has 0 aromatic heterocycles. The van der Waals surface area contributed by atoms with Crippen molar-refractivity contribution in [3.05, 3.63) is 162 Å². The van der Waals surface area contributed by atoms with Gasteiger partial charge in [0.15, 0.2) is 6.04 Å². The maximum Gasteiger partial charge on any atom is 0.331 e. The summed E-state index contributed by atoms with van der Waals surface area (Å²) in [6, 6.07) is 29.4. The highest BCUT2D eigenvalue weighted by Gasteiger charge is 2.37. The van der Waals surface area contributed by atoms with Gasteiger partial charge in [-0.2, -0.15) is 22.0 Å². The number of hydrogen-bond donors (Lipinski definition) is 10. The van der Waals surface area contributed by atoms with Crippen molar-refractivity contribution in [3.63, 3.8) is 0 Å². The second-order valence-corrected chi connectivity index (χ2v) is 24.3. The topological polar surface area (TPSA) is 385 Å². The zero-order valence-corrected chi connectivity index (χ0v) is 54.9. The first-order valence-corrected chi connectivity index (χ1v) is 32.3. The predicted octanol–water partition coefficient (Wildman–Crippen LogP) is 4.56. The van der Waals surface area contributed by atoms with E-state index in [9.17, 15) is 47.9 Å². The van der Waals surface area contributed by atoms with Crippen LogP contribution in [0.2, 0.25) is 0 Å². The fourth-order valence-electron chi connectivity index (χ4n) is 9.53. The number of thioether (sulfide) groups is 1. The van der Waals surface area contributed by atoms with Crippen LogP contribution in [-0.4, -0.2) is 133 Å². The summed E-state index contributed by atoms with van der Waals surface area (Å²) in [5, 5.41) is 27.2. The summed E-state index contributed by atoms with van der Waals surface area (Å²) in [7, 11) is 1.56. The number of amides is 9. The van der Waals surface area contributed by atoms with Crippen LogP contribution in [0.25, 0.3) is 0 Å². The van der Waals surface area contributed by atoms with Crippen molar-refractivity contribution in [1.82, 2.24) is 37.2 Å². The molecule has 504 valence electrons. The maximum absolute atomic E-state index is 14.7. The van der Waals surface area contributed by atoms with Crippen molar-refractivity contribution in [1.29, 1.82) is 0 Å². The van der Waals surface area contributed by atoms with E-state index >= 15 is 0 Å². The fraction of sp³-hybridized carbons (Fsp3) is 0.412. The Bertz CT molecular complexity index is 3310. The molecule has 0 aliphatic rings. The van der Waals surface area contributed by atoms with E-state index in [2.05, 4.69) is 47.4 Å². The van der Waals surface area contributed by atoms with Crippen LogP contribution in [0.3, 0.4) is 0 Å². The van der Waals surface area contributed by atoms with Gasteiger partial charge in [-0.1, -0.05) is 131 Å². The minimum Gasteiger partial charge on any atom is -0.497 e. The Morgan fingerprint density at radius 1 is 0.479 bits per heavy atom. The number of rotatable bonds is 39. The molecular weight excluding hydrogens is 1220 g/mol. The smallest absolute Gasteiger partial charge is 0.331 e. The molecule has 0 radical (unpaired) electrons. The summed E-state index contributed by atoms with van der Waals surface area (Å²) in [5.74, 6) is -8.33. The van der Waals surface area contributed by atoms with E-state index < -0.39 is 126 Å². The number of nitrogens with one attached hydrogen (secondary N) is 7. The van der Waals surface area contributed by atoms with Gasteiger partial charge < -0.3 is 68.6 Å². The molecule has 0 bridgehead atoms. The van der Waals surface area contributed by atoms with Crippen LogP contribution in [0, 0.1) is 11.8 Å². The van der Waals surface area contributed by atoms with E-state index in [-0.39, 0.29) is 57.7 Å². The highest BCUT2D eigenvalue weighted by Crippen LogP contribution is 2.22. The third-order valence-electron chi connectivity index (χ3n) is 14.8. The molecular formula is C68H88N12O13S. The monoisotopic (exact) mass is 1310 g/mol. The molecule has 25 nitrogen and oxygen atoms in total. The van der Waals surface area contributed by atoms with Gasteiger partial charge in [-0.05, 0) is 115 Å². The Labute approximate surface area is 552 Å². The molecule has 9 amide bonds. The zero-order valence-electron chi connectivity index (χ0n) is 54.0. The summed E-state index contributed by atoms with van der Waals surface area (Å²) in [4.78, 5) is 139. The van der Waals surface area contributed by atoms with Gasteiger partial charge in [0, 0.05) is 12.8 Å². The zero-order chi connectivity index (χ0) is 68.7. The van der Waals surface area contributed by atoms with Gasteiger partial charge in [0.2, 0.25) is 53.2 Å². The number of azo groups is 1. The first kappa shape index (κ1) is 75.2. The SMILES string of the molecule is COc1ccc(N=Nc2ccc(COC(=O)C(NC(=O)C(CC(N)=O)NC(=O)C(CCSC)NC(=O)C(CC(C)C)NC(=O)C(Cc3ccccc3)NC(=O)C(CCC(N)=O)NC(=O)C(NC(=O)C(N)Cc3ccccc3)C(C)C)C(C)OCc3ccccc3)cc2)cc1. The number of benzene rings is 5. The molecule has 5 aromatic carbocycles. The molecule has 0 fully saturated rings. The number of carbonyl (C=O) groups is 10. The van der Waals surface area contributed by atoms with E-state index in [1.165, 1.54) is 11.8 Å². The van der Waals surface area contributed by atoms with Crippen molar-refractivity contribution in [3.8, 4) is 5.75 Å². The van der Waals surface area contributed by atoms with Crippen LogP contribution < -0.4 is 59.2 Å². The maximum atomic E-state index is 14.7. The minimum absolute atomic E-state index is 0.00917. The third-order valence-corrected chi connectivity index (χ3v) is 15.4. The highest BCUT2D eigenvalue weighted by molar-refractivity contribution is 7.98. The lowest BCUT2D eigenvalue weighted by Crippen LogP contribution is -2.61. The summed E-state index contributed by atoms with van der Waals surface area (Å²) < 4.78 is 17.0. The summed E-state index contributed by atoms with van der Waals surface area (Å²) in [5.41, 5.74) is 21.3. The molecule has 9 atom stereocenters. The standard InChI is InChI=1S/C68H88N12O13S/c1-41(2)35-54(74-65(87)55(37-45-19-13-9-14-20-45)75-62(84)52(31-32-57(70)81)73-67(89)59(42(3)4)77-61(83)51(69)36-44-17-11-8-12-18-44)64(86)72-53(33-34-94-7)63(85)76-56(38-58(71)82)66(88)78-60(43(5)92-39-46-21-15-10-16-22-46)68(90)93-40-47-23-25-48(26-24-47)79-80-49-27-29-50(91-6)30-28-49/h8-30,41-43,51-56,59-60H,31-40,69H2,1-7H3,(H2,70,81)(H2,71,82)(H,72,86)(H,73,89)(H,74,87)(H,75,84)(H,76,85)(H,77,83)(H,78,88). The third kappa shape index (κ3) is 26.2. The van der Waals surface area contributed by atoms with E-state index in [1.54, 1.807) is 151 Å². The lowest BCUT2D eigenvalue weighted by molar-refractivity contribution is -0.154. The van der Waals surface area contributed by atoms with Crippen LogP contribution in [-0.2, 0) is 83.5 Å². The normalized spacial score (nSPS) is 14.1. The van der Waals surface area contributed by atoms with E-state index in [4.69, 9.17) is 31.4 Å². The van der Waals surface area contributed by atoms with E-state index in [0.717, 1.165) is 11.1 Å². The fourth-order valence-corrected chi connectivity index (χ4v) is 10.00. The molecule has 5 aromatic rings. The molecule has 0 saturated carbocycles. The number of hydrogen-bond acceptors (Lipinski definition) is 17. The lowest BCUT2D eigenvalue weighted by Gasteiger charge is -2.29. The molecule has 0 heterocycles. The average Bonchev–Trinajstić information content (AvgIpc) is 0.915. The lowest BCUT2D eigenvalue weighted by atomic mass is 9.99. The molecule has 0 spiro atoms. The molecule has 5 rings (SSSR count). The van der Waals surface area contributed by atoms with Gasteiger partial charge in [-0.25, -0.2) is 4.79 Å². The number of carbonyl (C=O) groups excluding carboxylic acids is 10. The van der Waals surface area contributed by atoms with Crippen molar-refractivity contribution in [2.75, 3.05) is 19.1 Å². The molecule has 9 unspecified atom stereocenters. The summed E-state index contributed by atoms with van der Waals surface area (Å²) in [6.07, 6.45) is -0.608. The number of primary amides is 2. The Morgan fingerprint density at radius 3 is 1.47 bits per heavy atom. The van der Waals surface area contributed by atoms with Gasteiger partial charge in [-0.15, -0.1) is 0 Å². The average molecular weight is 1310 g/mol. The molecule has 94 heavy (non-hydrogen) atoms. The molecule has 0 aliphatic carbocycles. The van der Waals surface area contributed by atoms with Crippen molar-refractivity contribution in [2.24, 2.45) is 39.3 Å². The number of nitrogens with zero attached hydrogens (tertiary/aromatic N) is 2. The number of ether oxygens (including phenoxy) is 3. The minimum atomic E-state index is -1.70. The largest absolute Gasteiger partial charge is 0.497 e. The number of nitrogens with two attached hydrogens (primary N) is 3. The Morgan fingerprint density at radius 2 is 0.936 bits per heavy atom. The first-order valence-electron chi connectivity index (χ1n) is 30.9. The van der Waals surface area contributed by atoms with Crippen LogP contribution in [0.4, 0.5) is 11.4 Å². The van der Waals surface area contributed by atoms with Gasteiger partial charge in [-0.3, -0.25) is 43.2 Å². The molecule has 26 heteroatoms. The van der Waals surface area contributed by atoms with Crippen LogP contribution in [0.5, 0.6) is 5.75 Å². The van der Waals surface area contributed by atoms with Gasteiger partial charge >= 0.3 is 5.97 Å². The van der Waals surface area contributed by atoms with Crippen LogP contribution in [0.15, 0.2) is 150 Å². The first-order chi connectivity index (χ1) is 44.9. The summed E-state index contributed by atoms with van der Waals surface area (Å²) >= 11 is 1.34. The highest BCUT2D eigenvalue weighted by atomic mass is 32.2. The second kappa shape index (κ2) is 39.1.